The highest BCUT2D eigenvalue weighted by molar-refractivity contribution is 7.90. The molecule has 2 rings (SSSR count). The van der Waals surface area contributed by atoms with Crippen molar-refractivity contribution in [3.05, 3.63) is 23.8 Å². The first-order chi connectivity index (χ1) is 11.3. The first-order valence-electron chi connectivity index (χ1n) is 8.35. The molecule has 0 aromatic heterocycles. The number of hydrogen-bond acceptors (Lipinski definition) is 5. The van der Waals surface area contributed by atoms with Crippen LogP contribution in [0.1, 0.15) is 50.7 Å². The minimum Gasteiger partial charge on any atom is -0.506 e. The number of hydrogen-bond donors (Lipinski definition) is 5. The van der Waals surface area contributed by atoms with E-state index in [-0.39, 0.29) is 17.5 Å². The van der Waals surface area contributed by atoms with Crippen molar-refractivity contribution in [3.8, 4) is 5.75 Å². The summed E-state index contributed by atoms with van der Waals surface area (Å²) in [4.78, 5) is 0. The van der Waals surface area contributed by atoms with E-state index in [2.05, 4.69) is 12.2 Å². The molecule has 0 bridgehead atoms. The van der Waals surface area contributed by atoms with E-state index in [9.17, 15) is 18.6 Å². The SMILES string of the molecule is CCCCC1CCC(C(O)c2ccc(O)c(NS(N)(=O)=O)c2)NC1. The molecule has 0 spiro atoms. The molecule has 1 aliphatic heterocycles. The van der Waals surface area contributed by atoms with Crippen molar-refractivity contribution in [2.75, 3.05) is 11.3 Å². The molecule has 1 heterocycles. The lowest BCUT2D eigenvalue weighted by molar-refractivity contribution is 0.102. The van der Waals surface area contributed by atoms with Crippen molar-refractivity contribution in [3.63, 3.8) is 0 Å². The maximum absolute atomic E-state index is 11.1. The van der Waals surface area contributed by atoms with Gasteiger partial charge in [0.15, 0.2) is 0 Å². The summed E-state index contributed by atoms with van der Waals surface area (Å²) in [5, 5.41) is 28.6. The smallest absolute Gasteiger partial charge is 0.296 e. The summed E-state index contributed by atoms with van der Waals surface area (Å²) >= 11 is 0. The molecule has 1 aromatic carbocycles. The van der Waals surface area contributed by atoms with Gasteiger partial charge in [-0.05, 0) is 49.4 Å². The fraction of sp³-hybridized carbons (Fsp3) is 0.625. The van der Waals surface area contributed by atoms with Gasteiger partial charge in [0.2, 0.25) is 0 Å². The Hall–Kier alpha value is -1.35. The van der Waals surface area contributed by atoms with Crippen molar-refractivity contribution in [2.45, 2.75) is 51.2 Å². The number of rotatable bonds is 7. The van der Waals surface area contributed by atoms with E-state index in [1.54, 1.807) is 6.07 Å². The molecule has 1 fully saturated rings. The third kappa shape index (κ3) is 5.34. The molecule has 3 atom stereocenters. The summed E-state index contributed by atoms with van der Waals surface area (Å²) in [6.07, 6.45) is 4.76. The molecule has 8 heteroatoms. The van der Waals surface area contributed by atoms with Crippen LogP contribution in [0.25, 0.3) is 0 Å². The number of aliphatic hydroxyl groups excluding tert-OH is 1. The lowest BCUT2D eigenvalue weighted by Crippen LogP contribution is -2.42. The molecule has 1 saturated heterocycles. The van der Waals surface area contributed by atoms with Crippen molar-refractivity contribution < 1.29 is 18.6 Å². The van der Waals surface area contributed by atoms with Crippen LogP contribution in [0.2, 0.25) is 0 Å². The highest BCUT2D eigenvalue weighted by Gasteiger charge is 2.27. The van der Waals surface area contributed by atoms with E-state index < -0.39 is 16.3 Å². The zero-order valence-corrected chi connectivity index (χ0v) is 14.7. The molecule has 0 saturated carbocycles. The number of anilines is 1. The molecule has 24 heavy (non-hydrogen) atoms. The van der Waals surface area contributed by atoms with Gasteiger partial charge in [0.25, 0.3) is 10.2 Å². The van der Waals surface area contributed by atoms with Crippen molar-refractivity contribution in [2.24, 2.45) is 11.1 Å². The fourth-order valence-electron chi connectivity index (χ4n) is 3.15. The van der Waals surface area contributed by atoms with E-state index >= 15 is 0 Å². The van der Waals surface area contributed by atoms with E-state index in [0.717, 1.165) is 19.4 Å². The second kappa shape index (κ2) is 8.15. The molecule has 0 radical (unpaired) electrons. The highest BCUT2D eigenvalue weighted by atomic mass is 32.2. The third-order valence-electron chi connectivity index (χ3n) is 4.52. The molecule has 7 nitrogen and oxygen atoms in total. The Kier molecular flexibility index (Phi) is 6.45. The zero-order valence-electron chi connectivity index (χ0n) is 13.9. The lowest BCUT2D eigenvalue weighted by Gasteiger charge is -2.33. The molecule has 6 N–H and O–H groups in total. The topological polar surface area (TPSA) is 125 Å². The number of unbranched alkanes of at least 4 members (excludes halogenated alkanes) is 1. The lowest BCUT2D eigenvalue weighted by atomic mass is 9.87. The van der Waals surface area contributed by atoms with Gasteiger partial charge in [-0.25, -0.2) is 5.14 Å². The van der Waals surface area contributed by atoms with Crippen LogP contribution in [0, 0.1) is 5.92 Å². The number of piperidine rings is 1. The van der Waals surface area contributed by atoms with E-state index in [4.69, 9.17) is 5.14 Å². The van der Waals surface area contributed by atoms with E-state index in [1.165, 1.54) is 31.4 Å². The van der Waals surface area contributed by atoms with Gasteiger partial charge >= 0.3 is 0 Å². The summed E-state index contributed by atoms with van der Waals surface area (Å²) in [6.45, 7) is 3.06. The second-order valence-corrected chi connectivity index (χ2v) is 7.76. The monoisotopic (exact) mass is 357 g/mol. The van der Waals surface area contributed by atoms with Gasteiger partial charge in [-0.15, -0.1) is 0 Å². The van der Waals surface area contributed by atoms with Crippen LogP contribution in [0.4, 0.5) is 5.69 Å². The first-order valence-corrected chi connectivity index (χ1v) is 9.89. The van der Waals surface area contributed by atoms with Gasteiger partial charge in [-0.3, -0.25) is 4.72 Å². The first kappa shape index (κ1) is 19.0. The van der Waals surface area contributed by atoms with Crippen LogP contribution < -0.4 is 15.2 Å². The molecular weight excluding hydrogens is 330 g/mol. The Morgan fingerprint density at radius 2 is 2.17 bits per heavy atom. The number of nitrogens with one attached hydrogen (secondary N) is 2. The van der Waals surface area contributed by atoms with Gasteiger partial charge in [-0.2, -0.15) is 8.42 Å². The Morgan fingerprint density at radius 3 is 2.75 bits per heavy atom. The number of nitrogens with two attached hydrogens (primary N) is 1. The zero-order chi connectivity index (χ0) is 17.7. The van der Waals surface area contributed by atoms with E-state index in [1.807, 2.05) is 4.72 Å². The minimum absolute atomic E-state index is 0.0364. The fourth-order valence-corrected chi connectivity index (χ4v) is 3.62. The molecule has 0 aliphatic carbocycles. The molecule has 136 valence electrons. The van der Waals surface area contributed by atoms with Crippen LogP contribution >= 0.6 is 0 Å². The van der Waals surface area contributed by atoms with Crippen molar-refractivity contribution in [1.82, 2.24) is 5.32 Å². The Balaban J connectivity index is 2.02. The van der Waals surface area contributed by atoms with E-state index in [0.29, 0.717) is 11.5 Å². The maximum Gasteiger partial charge on any atom is 0.296 e. The summed E-state index contributed by atoms with van der Waals surface area (Å²) < 4.78 is 24.3. The normalized spacial score (nSPS) is 23.0. The number of benzene rings is 1. The number of aromatic hydroxyl groups is 1. The standard InChI is InChI=1S/C16H27N3O4S/c1-2-3-4-11-5-7-13(18-10-11)16(21)12-6-8-15(20)14(9-12)19-24(17,22)23/h6,8-9,11,13,16,18-21H,2-5,7,10H2,1H3,(H2,17,22,23). The highest BCUT2D eigenvalue weighted by Crippen LogP contribution is 2.31. The predicted molar refractivity (Wildman–Crippen MR) is 93.8 cm³/mol. The molecule has 0 amide bonds. The Labute approximate surface area is 143 Å². The Bertz CT molecular complexity index is 643. The van der Waals surface area contributed by atoms with Crippen LogP contribution in [-0.4, -0.2) is 31.2 Å². The van der Waals surface area contributed by atoms with Crippen LogP contribution in [0.15, 0.2) is 18.2 Å². The number of phenolic OH excluding ortho intramolecular Hbond substituents is 1. The number of aliphatic hydroxyl groups is 1. The van der Waals surface area contributed by atoms with Gasteiger partial charge in [0.1, 0.15) is 5.75 Å². The van der Waals surface area contributed by atoms with Crippen LogP contribution in [-0.2, 0) is 10.2 Å². The summed E-state index contributed by atoms with van der Waals surface area (Å²) in [5.74, 6) is 0.407. The second-order valence-electron chi connectivity index (χ2n) is 6.47. The predicted octanol–water partition coefficient (Wildman–Crippen LogP) is 1.60. The largest absolute Gasteiger partial charge is 0.506 e. The molecule has 3 unspecified atom stereocenters. The number of phenols is 1. The molecule has 1 aliphatic rings. The quantitative estimate of drug-likeness (QED) is 0.474. The van der Waals surface area contributed by atoms with Crippen LogP contribution in [0.5, 0.6) is 5.75 Å². The minimum atomic E-state index is -3.99. The maximum atomic E-state index is 11.1. The Morgan fingerprint density at radius 1 is 1.42 bits per heavy atom. The summed E-state index contributed by atoms with van der Waals surface area (Å²) in [5.41, 5.74) is 0.495. The van der Waals surface area contributed by atoms with Gasteiger partial charge in [0.05, 0.1) is 11.8 Å². The van der Waals surface area contributed by atoms with Crippen molar-refractivity contribution in [1.29, 1.82) is 0 Å². The third-order valence-corrected chi connectivity index (χ3v) is 5.02. The molecule has 1 aromatic rings. The van der Waals surface area contributed by atoms with Crippen molar-refractivity contribution >= 4 is 15.9 Å². The summed E-state index contributed by atoms with van der Waals surface area (Å²) in [6, 6.07) is 4.25. The van der Waals surface area contributed by atoms with Gasteiger partial charge < -0.3 is 15.5 Å². The van der Waals surface area contributed by atoms with Gasteiger partial charge in [0, 0.05) is 6.04 Å². The van der Waals surface area contributed by atoms with Gasteiger partial charge in [-0.1, -0.05) is 25.8 Å². The summed E-state index contributed by atoms with van der Waals surface area (Å²) in [7, 11) is -3.99. The van der Waals surface area contributed by atoms with Crippen LogP contribution in [0.3, 0.4) is 0 Å². The average Bonchev–Trinajstić information content (AvgIpc) is 2.53. The molecular formula is C16H27N3O4S. The average molecular weight is 357 g/mol.